The monoisotopic (exact) mass is 600 g/mol. The van der Waals surface area contributed by atoms with Crippen molar-refractivity contribution in [2.75, 3.05) is 18.9 Å². The molecule has 0 spiro atoms. The van der Waals surface area contributed by atoms with Gasteiger partial charge in [-0.1, -0.05) is 6.07 Å². The van der Waals surface area contributed by atoms with Crippen molar-refractivity contribution in [1.29, 1.82) is 5.41 Å². The highest BCUT2D eigenvalue weighted by Crippen LogP contribution is 2.38. The van der Waals surface area contributed by atoms with E-state index in [1.807, 2.05) is 0 Å². The van der Waals surface area contributed by atoms with Gasteiger partial charge in [0.1, 0.15) is 35.6 Å². The number of nitrogens with zero attached hydrogens (tertiary/aromatic N) is 2. The minimum absolute atomic E-state index is 0.0119. The molecule has 2 aromatic carbocycles. The van der Waals surface area contributed by atoms with E-state index in [9.17, 15) is 31.5 Å². The maximum absolute atomic E-state index is 14.9. The summed E-state index contributed by atoms with van der Waals surface area (Å²) in [6.45, 7) is 4.67. The number of fused-ring (bicyclic) bond motifs is 1. The summed E-state index contributed by atoms with van der Waals surface area (Å²) in [6, 6.07) is 9.62. The Morgan fingerprint density at radius 1 is 1.02 bits per heavy atom. The summed E-state index contributed by atoms with van der Waals surface area (Å²) in [7, 11) is 1.36. The van der Waals surface area contributed by atoms with Crippen molar-refractivity contribution in [2.45, 2.75) is 25.6 Å². The lowest BCUT2D eigenvalue weighted by Gasteiger charge is -2.24. The van der Waals surface area contributed by atoms with Gasteiger partial charge in [-0.25, -0.2) is 13.8 Å². The fraction of sp³-hybridized carbons (Fsp3) is 0.207. The van der Waals surface area contributed by atoms with Crippen molar-refractivity contribution in [3.8, 4) is 22.5 Å². The number of furan rings is 1. The maximum Gasteiger partial charge on any atom is 0.405 e. The molecule has 0 atom stereocenters. The molecule has 0 aliphatic heterocycles. The molecule has 2 heterocycles. The zero-order valence-electron chi connectivity index (χ0n) is 23.0. The van der Waals surface area contributed by atoms with Crippen molar-refractivity contribution in [1.82, 2.24) is 15.6 Å². The van der Waals surface area contributed by atoms with Gasteiger partial charge in [-0.3, -0.25) is 15.0 Å². The molecule has 224 valence electrons. The molecule has 2 amide bonds. The number of hydrogen-bond donors (Lipinski definition) is 4. The summed E-state index contributed by atoms with van der Waals surface area (Å²) in [6.07, 6.45) is -4.65. The third-order valence-corrected chi connectivity index (χ3v) is 6.40. The maximum atomic E-state index is 14.9. The van der Waals surface area contributed by atoms with Crippen LogP contribution in [0.25, 0.3) is 33.6 Å². The van der Waals surface area contributed by atoms with E-state index in [0.717, 1.165) is 24.3 Å². The topological polar surface area (TPSA) is 132 Å². The number of carbonyl (C=O) groups is 2. The van der Waals surface area contributed by atoms with Crippen LogP contribution in [0.15, 0.2) is 57.9 Å². The minimum Gasteiger partial charge on any atom is -0.437 e. The number of rotatable bonds is 8. The lowest BCUT2D eigenvalue weighted by Crippen LogP contribution is -2.49. The minimum atomic E-state index is -4.65. The summed E-state index contributed by atoms with van der Waals surface area (Å²) in [4.78, 5) is 33.7. The fourth-order valence-corrected chi connectivity index (χ4v) is 4.19. The Bertz CT molecular complexity index is 1750. The molecule has 4 rings (SSSR count). The number of aliphatic imine (C=N–C) groups is 1. The standard InChI is InChI=1S/C29H25F5N6O3/c1-28(2,27(35)37-4)40-24(41)18-11-15(7-10-20(18)31)17-12-19-21(25(42)36-3)22(14-5-8-16(30)9-6-14)43-26(19)39-23(17)38-13-29(32,33)34/h5-12,35H,4,13H2,1-3H3,(H,36,42)(H,38,39)(H,40,41). The number of nitrogens with one attached hydrogen (secondary N) is 4. The predicted molar refractivity (Wildman–Crippen MR) is 152 cm³/mol. The van der Waals surface area contributed by atoms with Crippen LogP contribution in [0.2, 0.25) is 0 Å². The summed E-state index contributed by atoms with van der Waals surface area (Å²) in [5.41, 5.74) is -1.67. The zero-order valence-corrected chi connectivity index (χ0v) is 23.0. The molecule has 2 aromatic heterocycles. The van der Waals surface area contributed by atoms with Gasteiger partial charge in [0.25, 0.3) is 11.8 Å². The Labute approximate surface area is 241 Å². The Hall–Kier alpha value is -5.14. The first-order chi connectivity index (χ1) is 20.1. The number of carbonyl (C=O) groups excluding carboxylic acids is 2. The average molecular weight is 601 g/mol. The van der Waals surface area contributed by atoms with Crippen LogP contribution in [0.5, 0.6) is 0 Å². The highest BCUT2D eigenvalue weighted by atomic mass is 19.4. The molecule has 0 bridgehead atoms. The molecule has 14 heteroatoms. The highest BCUT2D eigenvalue weighted by Gasteiger charge is 2.30. The summed E-state index contributed by atoms with van der Waals surface area (Å²) in [5.74, 6) is -3.67. The molecule has 0 radical (unpaired) electrons. The number of amidine groups is 1. The van der Waals surface area contributed by atoms with E-state index in [-0.39, 0.29) is 45.2 Å². The molecule has 0 aliphatic carbocycles. The van der Waals surface area contributed by atoms with E-state index >= 15 is 0 Å². The van der Waals surface area contributed by atoms with Crippen LogP contribution in [0.3, 0.4) is 0 Å². The molecule has 4 aromatic rings. The van der Waals surface area contributed by atoms with Crippen molar-refractivity contribution >= 4 is 41.3 Å². The van der Waals surface area contributed by atoms with E-state index < -0.39 is 47.3 Å². The van der Waals surface area contributed by atoms with Crippen molar-refractivity contribution in [3.05, 3.63) is 71.3 Å². The van der Waals surface area contributed by atoms with Gasteiger partial charge in [-0.2, -0.15) is 18.2 Å². The van der Waals surface area contributed by atoms with Gasteiger partial charge in [0.2, 0.25) is 5.71 Å². The fourth-order valence-electron chi connectivity index (χ4n) is 4.19. The zero-order chi connectivity index (χ0) is 31.7. The van der Waals surface area contributed by atoms with Crippen LogP contribution in [0.1, 0.15) is 34.6 Å². The molecular formula is C29H25F5N6O3. The van der Waals surface area contributed by atoms with Gasteiger partial charge in [-0.15, -0.1) is 0 Å². The normalized spacial score (nSPS) is 11.7. The molecule has 0 fully saturated rings. The first kappa shape index (κ1) is 30.8. The first-order valence-corrected chi connectivity index (χ1v) is 12.6. The summed E-state index contributed by atoms with van der Waals surface area (Å²) >= 11 is 0. The van der Waals surface area contributed by atoms with Gasteiger partial charge in [0.15, 0.2) is 0 Å². The van der Waals surface area contributed by atoms with E-state index in [1.54, 1.807) is 0 Å². The van der Waals surface area contributed by atoms with Gasteiger partial charge in [0, 0.05) is 18.2 Å². The van der Waals surface area contributed by atoms with Crippen LogP contribution < -0.4 is 16.0 Å². The second-order valence-corrected chi connectivity index (χ2v) is 9.88. The number of alkyl halides is 3. The van der Waals surface area contributed by atoms with Crippen LogP contribution in [-0.2, 0) is 0 Å². The van der Waals surface area contributed by atoms with E-state index in [2.05, 4.69) is 32.6 Å². The largest absolute Gasteiger partial charge is 0.437 e. The molecule has 0 saturated heterocycles. The number of hydrogen-bond acceptors (Lipinski definition) is 6. The highest BCUT2D eigenvalue weighted by molar-refractivity contribution is 6.12. The quantitative estimate of drug-likeness (QED) is 0.113. The van der Waals surface area contributed by atoms with Crippen molar-refractivity contribution in [3.63, 3.8) is 0 Å². The lowest BCUT2D eigenvalue weighted by atomic mass is 9.98. The van der Waals surface area contributed by atoms with E-state index in [0.29, 0.717) is 5.56 Å². The third-order valence-electron chi connectivity index (χ3n) is 6.40. The van der Waals surface area contributed by atoms with E-state index in [1.165, 1.54) is 45.2 Å². The van der Waals surface area contributed by atoms with E-state index in [4.69, 9.17) is 9.83 Å². The van der Waals surface area contributed by atoms with Crippen LogP contribution in [0.4, 0.5) is 27.8 Å². The van der Waals surface area contributed by atoms with Crippen LogP contribution in [0, 0.1) is 17.0 Å². The number of aromatic nitrogens is 1. The molecule has 4 N–H and O–H groups in total. The molecule has 43 heavy (non-hydrogen) atoms. The second-order valence-electron chi connectivity index (χ2n) is 9.88. The summed E-state index contributed by atoms with van der Waals surface area (Å²) in [5, 5.41) is 15.1. The summed E-state index contributed by atoms with van der Waals surface area (Å²) < 4.78 is 73.9. The Balaban J connectivity index is 1.93. The number of benzene rings is 2. The average Bonchev–Trinajstić information content (AvgIpc) is 3.33. The SMILES string of the molecule is C=NC(=N)C(C)(C)NC(=O)c1cc(-c2cc3c(C(=O)NC)c(-c4ccc(F)cc4)oc3nc2NCC(F)(F)F)ccc1F. The Kier molecular flexibility index (Phi) is 8.33. The molecule has 0 unspecified atom stereocenters. The third kappa shape index (κ3) is 6.52. The number of halogens is 5. The lowest BCUT2D eigenvalue weighted by molar-refractivity contribution is -0.115. The van der Waals surface area contributed by atoms with Crippen LogP contribution in [-0.4, -0.2) is 54.7 Å². The van der Waals surface area contributed by atoms with Gasteiger partial charge >= 0.3 is 6.18 Å². The van der Waals surface area contributed by atoms with Crippen LogP contribution >= 0.6 is 0 Å². The Morgan fingerprint density at radius 2 is 1.67 bits per heavy atom. The van der Waals surface area contributed by atoms with Gasteiger partial charge in [0.05, 0.1) is 22.1 Å². The van der Waals surface area contributed by atoms with Gasteiger partial charge in [-0.05, 0) is 68.6 Å². The molecular weight excluding hydrogens is 575 g/mol. The second kappa shape index (κ2) is 11.6. The molecule has 0 saturated carbocycles. The van der Waals surface area contributed by atoms with Crippen molar-refractivity contribution < 1.29 is 36.0 Å². The number of anilines is 1. The van der Waals surface area contributed by atoms with Gasteiger partial charge < -0.3 is 20.4 Å². The smallest absolute Gasteiger partial charge is 0.405 e. The van der Waals surface area contributed by atoms with Crippen molar-refractivity contribution in [2.24, 2.45) is 4.99 Å². The molecule has 0 aliphatic rings. The predicted octanol–water partition coefficient (Wildman–Crippen LogP) is 5.96. The molecule has 9 nitrogen and oxygen atoms in total. The first-order valence-electron chi connectivity index (χ1n) is 12.6. The Morgan fingerprint density at radius 3 is 2.28 bits per heavy atom. The number of amides is 2. The number of pyridine rings is 1.